The molecule has 1 atom stereocenters. The molecule has 1 aromatic carbocycles. The molecule has 0 fully saturated rings. The van der Waals surface area contributed by atoms with Crippen LogP contribution in [0.15, 0.2) is 24.3 Å². The summed E-state index contributed by atoms with van der Waals surface area (Å²) in [5.41, 5.74) is 2.23. The highest BCUT2D eigenvalue weighted by molar-refractivity contribution is 5.68. The molecule has 0 saturated heterocycles. The quantitative estimate of drug-likeness (QED) is 0.928. The molecule has 1 N–H and O–H groups in total. The maximum Gasteiger partial charge on any atom is 0.407 e. The Morgan fingerprint density at radius 3 is 2.81 bits per heavy atom. The molecule has 1 aliphatic rings. The van der Waals surface area contributed by atoms with E-state index < -0.39 is 5.60 Å². The smallest absolute Gasteiger partial charge is 0.407 e. The van der Waals surface area contributed by atoms with Crippen LogP contribution in [0.1, 0.15) is 39.7 Å². The fourth-order valence-corrected chi connectivity index (χ4v) is 2.69. The van der Waals surface area contributed by atoms with Crippen molar-refractivity contribution in [2.45, 2.75) is 52.2 Å². The number of rotatable bonds is 3. The summed E-state index contributed by atoms with van der Waals surface area (Å²) in [4.78, 5) is 14.2. The first-order valence-electron chi connectivity index (χ1n) is 7.67. The van der Waals surface area contributed by atoms with E-state index in [0.717, 1.165) is 25.9 Å². The molecule has 4 heteroatoms. The lowest BCUT2D eigenvalue weighted by Gasteiger charge is -2.33. The van der Waals surface area contributed by atoms with Crippen LogP contribution in [0.25, 0.3) is 0 Å². The summed E-state index contributed by atoms with van der Waals surface area (Å²) >= 11 is 0. The van der Waals surface area contributed by atoms with Crippen molar-refractivity contribution in [3.05, 3.63) is 29.8 Å². The lowest BCUT2D eigenvalue weighted by Crippen LogP contribution is -2.45. The monoisotopic (exact) mass is 290 g/mol. The number of carbonyl (C=O) groups is 1. The van der Waals surface area contributed by atoms with Crippen molar-refractivity contribution in [2.75, 3.05) is 18.0 Å². The molecular weight excluding hydrogens is 264 g/mol. The first kappa shape index (κ1) is 15.7. The van der Waals surface area contributed by atoms with E-state index >= 15 is 0 Å². The second-order valence-electron chi connectivity index (χ2n) is 6.73. The van der Waals surface area contributed by atoms with E-state index in [1.165, 1.54) is 11.3 Å². The van der Waals surface area contributed by atoms with Gasteiger partial charge in [-0.1, -0.05) is 18.2 Å². The maximum absolute atomic E-state index is 11.8. The largest absolute Gasteiger partial charge is 0.444 e. The molecule has 2 rings (SSSR count). The Labute approximate surface area is 127 Å². The Balaban J connectivity index is 1.92. The summed E-state index contributed by atoms with van der Waals surface area (Å²) in [6.07, 6.45) is 1.96. The fraction of sp³-hybridized carbons (Fsp3) is 0.588. The number of aryl methyl sites for hydroxylation is 1. The summed E-state index contributed by atoms with van der Waals surface area (Å²) in [6, 6.07) is 8.56. The minimum Gasteiger partial charge on any atom is -0.444 e. The second-order valence-corrected chi connectivity index (χ2v) is 6.73. The highest BCUT2D eigenvalue weighted by Crippen LogP contribution is 2.26. The molecule has 1 aromatic rings. The minimum atomic E-state index is -0.457. The van der Waals surface area contributed by atoms with Crippen LogP contribution in [-0.2, 0) is 11.2 Å². The topological polar surface area (TPSA) is 41.6 Å². The predicted molar refractivity (Wildman–Crippen MR) is 85.8 cm³/mol. The van der Waals surface area contributed by atoms with Gasteiger partial charge in [-0.25, -0.2) is 4.79 Å². The van der Waals surface area contributed by atoms with E-state index in [9.17, 15) is 4.79 Å². The molecule has 1 aliphatic heterocycles. The number of anilines is 1. The lowest BCUT2D eigenvalue weighted by atomic mass is 10.0. The van der Waals surface area contributed by atoms with Crippen molar-refractivity contribution in [3.63, 3.8) is 0 Å². The zero-order valence-corrected chi connectivity index (χ0v) is 13.5. The van der Waals surface area contributed by atoms with Crippen molar-refractivity contribution >= 4 is 11.8 Å². The normalized spacial score (nSPS) is 16.1. The molecule has 1 unspecified atom stereocenters. The number of ether oxygens (including phenoxy) is 1. The second kappa shape index (κ2) is 6.37. The van der Waals surface area contributed by atoms with Crippen LogP contribution in [0, 0.1) is 0 Å². The zero-order chi connectivity index (χ0) is 15.5. The molecule has 0 aliphatic carbocycles. The molecule has 0 bridgehead atoms. The number of nitrogens with zero attached hydrogens (tertiary/aromatic N) is 1. The van der Waals surface area contributed by atoms with Gasteiger partial charge in [0.05, 0.1) is 0 Å². The highest BCUT2D eigenvalue weighted by atomic mass is 16.6. The van der Waals surface area contributed by atoms with E-state index in [2.05, 4.69) is 34.5 Å². The van der Waals surface area contributed by atoms with Crippen molar-refractivity contribution < 1.29 is 9.53 Å². The van der Waals surface area contributed by atoms with Crippen molar-refractivity contribution in [1.29, 1.82) is 0 Å². The van der Waals surface area contributed by atoms with Crippen LogP contribution in [0.4, 0.5) is 10.5 Å². The van der Waals surface area contributed by atoms with E-state index in [0.29, 0.717) is 0 Å². The van der Waals surface area contributed by atoms with Gasteiger partial charge in [-0.3, -0.25) is 0 Å². The van der Waals surface area contributed by atoms with Crippen LogP contribution < -0.4 is 10.2 Å². The first-order valence-corrected chi connectivity index (χ1v) is 7.67. The van der Waals surface area contributed by atoms with E-state index in [-0.39, 0.29) is 12.1 Å². The average molecular weight is 290 g/mol. The Morgan fingerprint density at radius 2 is 2.10 bits per heavy atom. The molecule has 1 amide bonds. The summed E-state index contributed by atoms with van der Waals surface area (Å²) in [7, 11) is 0. The lowest BCUT2D eigenvalue weighted by molar-refractivity contribution is 0.0510. The predicted octanol–water partition coefficient (Wildman–Crippen LogP) is 3.35. The van der Waals surface area contributed by atoms with Crippen LogP contribution in [0.3, 0.4) is 0 Å². The number of hydrogen-bond donors (Lipinski definition) is 1. The number of hydrogen-bond acceptors (Lipinski definition) is 3. The van der Waals surface area contributed by atoms with Crippen molar-refractivity contribution in [2.24, 2.45) is 0 Å². The summed E-state index contributed by atoms with van der Waals surface area (Å²) < 4.78 is 5.30. The van der Waals surface area contributed by atoms with Crippen molar-refractivity contribution in [1.82, 2.24) is 5.32 Å². The average Bonchev–Trinajstić information content (AvgIpc) is 2.36. The molecule has 116 valence electrons. The van der Waals surface area contributed by atoms with E-state index in [1.54, 1.807) is 0 Å². The van der Waals surface area contributed by atoms with Crippen LogP contribution in [0.5, 0.6) is 0 Å². The van der Waals surface area contributed by atoms with E-state index in [4.69, 9.17) is 4.74 Å². The molecule has 0 radical (unpaired) electrons. The van der Waals surface area contributed by atoms with Crippen LogP contribution in [-0.4, -0.2) is 30.8 Å². The number of carbonyl (C=O) groups excluding carboxylic acids is 1. The number of para-hydroxylation sites is 1. The van der Waals surface area contributed by atoms with Gasteiger partial charge in [-0.2, -0.15) is 0 Å². The van der Waals surface area contributed by atoms with Crippen molar-refractivity contribution in [3.8, 4) is 0 Å². The zero-order valence-electron chi connectivity index (χ0n) is 13.5. The van der Waals surface area contributed by atoms with E-state index in [1.807, 2.05) is 27.7 Å². The number of nitrogens with one attached hydrogen (secondary N) is 1. The molecule has 0 aromatic heterocycles. The molecular formula is C17H26N2O2. The molecule has 21 heavy (non-hydrogen) atoms. The maximum atomic E-state index is 11.8. The number of fused-ring (bicyclic) bond motifs is 1. The highest BCUT2D eigenvalue weighted by Gasteiger charge is 2.21. The van der Waals surface area contributed by atoms with Gasteiger partial charge in [0.15, 0.2) is 0 Å². The number of amides is 1. The van der Waals surface area contributed by atoms with Gasteiger partial charge in [0.1, 0.15) is 5.60 Å². The summed E-state index contributed by atoms with van der Waals surface area (Å²) in [5, 5.41) is 2.91. The van der Waals surface area contributed by atoms with Gasteiger partial charge in [-0.15, -0.1) is 0 Å². The fourth-order valence-electron chi connectivity index (χ4n) is 2.69. The molecule has 0 saturated carbocycles. The SMILES string of the molecule is CC(CN1CCCc2ccccc21)NC(=O)OC(C)(C)C. The third-order valence-corrected chi connectivity index (χ3v) is 3.46. The third-order valence-electron chi connectivity index (χ3n) is 3.46. The Bertz CT molecular complexity index is 494. The minimum absolute atomic E-state index is 0.0472. The molecule has 4 nitrogen and oxygen atoms in total. The van der Waals surface area contributed by atoms with Gasteiger partial charge in [0.2, 0.25) is 0 Å². The summed E-state index contributed by atoms with van der Waals surface area (Å²) in [5.74, 6) is 0. The summed E-state index contributed by atoms with van der Waals surface area (Å²) in [6.45, 7) is 9.48. The van der Waals surface area contributed by atoms with Crippen LogP contribution >= 0.6 is 0 Å². The third kappa shape index (κ3) is 4.66. The van der Waals surface area contributed by atoms with Crippen LogP contribution in [0.2, 0.25) is 0 Å². The Hall–Kier alpha value is -1.71. The van der Waals surface area contributed by atoms with Gasteiger partial charge in [-0.05, 0) is 52.2 Å². The Kier molecular flexibility index (Phi) is 4.76. The van der Waals surface area contributed by atoms with Gasteiger partial charge >= 0.3 is 6.09 Å². The standard InChI is InChI=1S/C17H26N2O2/c1-13(18-16(20)21-17(2,3)4)12-19-11-7-9-14-8-5-6-10-15(14)19/h5-6,8,10,13H,7,9,11-12H2,1-4H3,(H,18,20). The van der Waals surface area contributed by atoms with Gasteiger partial charge in [0.25, 0.3) is 0 Å². The molecule has 1 heterocycles. The number of benzene rings is 1. The van der Waals surface area contributed by atoms with Gasteiger partial charge in [0, 0.05) is 24.8 Å². The molecule has 0 spiro atoms. The van der Waals surface area contributed by atoms with Gasteiger partial charge < -0.3 is 15.0 Å². The Morgan fingerprint density at radius 1 is 1.38 bits per heavy atom. The number of alkyl carbamates (subject to hydrolysis) is 1. The first-order chi connectivity index (χ1) is 9.85.